The van der Waals surface area contributed by atoms with Gasteiger partial charge in [0.05, 0.1) is 6.61 Å². The number of nitrogens with one attached hydrogen (secondary N) is 1. The molecule has 0 bridgehead atoms. The second-order valence-electron chi connectivity index (χ2n) is 5.54. The van der Waals surface area contributed by atoms with Crippen LogP contribution in [-0.4, -0.2) is 30.2 Å². The smallest absolute Gasteiger partial charge is 0.122 e. The van der Waals surface area contributed by atoms with Crippen molar-refractivity contribution in [3.05, 3.63) is 29.8 Å². The van der Waals surface area contributed by atoms with Gasteiger partial charge < -0.3 is 10.1 Å². The quantitative estimate of drug-likeness (QED) is 0.891. The molecule has 2 nitrogen and oxygen atoms in total. The standard InChI is InChI=1S/C16H23NOS/c1-2-19-14-8-7-13(9-14)17-10-12-11-18-16-6-4-3-5-15(12)16/h3-6,12-14,17H,2,7-11H2,1H3. The summed E-state index contributed by atoms with van der Waals surface area (Å²) in [5.74, 6) is 2.87. The first kappa shape index (κ1) is 13.3. The minimum Gasteiger partial charge on any atom is -0.493 e. The van der Waals surface area contributed by atoms with Crippen LogP contribution in [0.5, 0.6) is 5.75 Å². The summed E-state index contributed by atoms with van der Waals surface area (Å²) >= 11 is 2.12. The lowest BCUT2D eigenvalue weighted by Crippen LogP contribution is -2.31. The largest absolute Gasteiger partial charge is 0.493 e. The van der Waals surface area contributed by atoms with Crippen LogP contribution in [0.25, 0.3) is 0 Å². The number of rotatable bonds is 5. The van der Waals surface area contributed by atoms with E-state index in [1.807, 2.05) is 0 Å². The molecular formula is C16H23NOS. The maximum absolute atomic E-state index is 5.74. The molecule has 0 saturated heterocycles. The molecule has 0 radical (unpaired) electrons. The van der Waals surface area contributed by atoms with E-state index in [1.54, 1.807) is 0 Å². The second kappa shape index (κ2) is 6.19. The highest BCUT2D eigenvalue weighted by atomic mass is 32.2. The Hall–Kier alpha value is -0.670. The molecule has 0 spiro atoms. The van der Waals surface area contributed by atoms with Crippen molar-refractivity contribution in [3.8, 4) is 5.75 Å². The number of thioether (sulfide) groups is 1. The molecule has 0 aromatic heterocycles. The van der Waals surface area contributed by atoms with Crippen LogP contribution in [0.2, 0.25) is 0 Å². The van der Waals surface area contributed by atoms with E-state index >= 15 is 0 Å². The molecule has 1 heterocycles. The van der Waals surface area contributed by atoms with Crippen LogP contribution >= 0.6 is 11.8 Å². The summed E-state index contributed by atoms with van der Waals surface area (Å²) in [4.78, 5) is 0. The summed E-state index contributed by atoms with van der Waals surface area (Å²) in [6.07, 6.45) is 4.06. The lowest BCUT2D eigenvalue weighted by molar-refractivity contribution is 0.322. The molecule has 3 unspecified atom stereocenters. The normalized spacial score (nSPS) is 29.2. The molecule has 1 aliphatic carbocycles. The van der Waals surface area contributed by atoms with Crippen molar-refractivity contribution < 1.29 is 4.74 Å². The topological polar surface area (TPSA) is 21.3 Å². The summed E-state index contributed by atoms with van der Waals surface area (Å²) in [7, 11) is 0. The van der Waals surface area contributed by atoms with Crippen LogP contribution in [0, 0.1) is 0 Å². The van der Waals surface area contributed by atoms with Gasteiger partial charge in [-0.2, -0.15) is 11.8 Å². The van der Waals surface area contributed by atoms with Crippen molar-refractivity contribution in [1.82, 2.24) is 5.32 Å². The van der Waals surface area contributed by atoms with Crippen LogP contribution in [0.1, 0.15) is 37.7 Å². The molecule has 1 aromatic carbocycles. The highest BCUT2D eigenvalue weighted by Crippen LogP contribution is 2.34. The molecule has 1 aliphatic heterocycles. The van der Waals surface area contributed by atoms with Crippen LogP contribution in [0.15, 0.2) is 24.3 Å². The Morgan fingerprint density at radius 1 is 1.32 bits per heavy atom. The van der Waals surface area contributed by atoms with Crippen molar-refractivity contribution in [2.75, 3.05) is 18.9 Å². The van der Waals surface area contributed by atoms with Gasteiger partial charge in [0.25, 0.3) is 0 Å². The van der Waals surface area contributed by atoms with E-state index in [9.17, 15) is 0 Å². The minimum atomic E-state index is 0.536. The van der Waals surface area contributed by atoms with Crippen LogP contribution in [0.3, 0.4) is 0 Å². The van der Waals surface area contributed by atoms with Crippen molar-refractivity contribution in [1.29, 1.82) is 0 Å². The van der Waals surface area contributed by atoms with E-state index in [0.717, 1.165) is 30.2 Å². The van der Waals surface area contributed by atoms with Gasteiger partial charge >= 0.3 is 0 Å². The third kappa shape index (κ3) is 3.09. The van der Waals surface area contributed by atoms with Gasteiger partial charge in [-0.05, 0) is 31.1 Å². The number of para-hydroxylation sites is 1. The van der Waals surface area contributed by atoms with Gasteiger partial charge in [-0.15, -0.1) is 0 Å². The van der Waals surface area contributed by atoms with Crippen molar-refractivity contribution >= 4 is 11.8 Å². The van der Waals surface area contributed by atoms with E-state index in [0.29, 0.717) is 5.92 Å². The van der Waals surface area contributed by atoms with E-state index in [-0.39, 0.29) is 0 Å². The van der Waals surface area contributed by atoms with Gasteiger partial charge in [0.1, 0.15) is 5.75 Å². The number of hydrogen-bond donors (Lipinski definition) is 1. The molecule has 1 fully saturated rings. The predicted molar refractivity (Wildman–Crippen MR) is 82.2 cm³/mol. The Kier molecular flexibility index (Phi) is 4.34. The highest BCUT2D eigenvalue weighted by Gasteiger charge is 2.27. The van der Waals surface area contributed by atoms with E-state index < -0.39 is 0 Å². The summed E-state index contributed by atoms with van der Waals surface area (Å²) in [5.41, 5.74) is 1.38. The molecule has 1 saturated carbocycles. The summed E-state index contributed by atoms with van der Waals surface area (Å²) < 4.78 is 5.74. The molecule has 19 heavy (non-hydrogen) atoms. The number of hydrogen-bond acceptors (Lipinski definition) is 3. The van der Waals surface area contributed by atoms with Crippen LogP contribution < -0.4 is 10.1 Å². The zero-order valence-electron chi connectivity index (χ0n) is 11.6. The molecule has 0 amide bonds. The fourth-order valence-corrected chi connectivity index (χ4v) is 4.36. The minimum absolute atomic E-state index is 0.536. The number of ether oxygens (including phenoxy) is 1. The fourth-order valence-electron chi connectivity index (χ4n) is 3.22. The Morgan fingerprint density at radius 2 is 2.21 bits per heavy atom. The Labute approximate surface area is 120 Å². The van der Waals surface area contributed by atoms with Crippen LogP contribution in [-0.2, 0) is 0 Å². The zero-order valence-corrected chi connectivity index (χ0v) is 12.4. The van der Waals surface area contributed by atoms with E-state index in [4.69, 9.17) is 4.74 Å². The highest BCUT2D eigenvalue weighted by molar-refractivity contribution is 7.99. The maximum Gasteiger partial charge on any atom is 0.122 e. The molecule has 104 valence electrons. The first-order valence-corrected chi connectivity index (χ1v) is 8.48. The Bertz CT molecular complexity index is 423. The molecule has 3 rings (SSSR count). The third-order valence-electron chi connectivity index (χ3n) is 4.24. The Balaban J connectivity index is 1.49. The zero-order chi connectivity index (χ0) is 13.1. The monoisotopic (exact) mass is 277 g/mol. The van der Waals surface area contributed by atoms with E-state index in [1.165, 1.54) is 30.6 Å². The van der Waals surface area contributed by atoms with Gasteiger partial charge in [0.2, 0.25) is 0 Å². The molecule has 3 heteroatoms. The number of benzene rings is 1. The SMILES string of the molecule is CCSC1CCC(NCC2COc3ccccc32)C1. The average molecular weight is 277 g/mol. The van der Waals surface area contributed by atoms with Gasteiger partial charge in [0.15, 0.2) is 0 Å². The van der Waals surface area contributed by atoms with Gasteiger partial charge in [-0.25, -0.2) is 0 Å². The number of fused-ring (bicyclic) bond motifs is 1. The predicted octanol–water partition coefficient (Wildman–Crippen LogP) is 3.43. The van der Waals surface area contributed by atoms with Crippen molar-refractivity contribution in [2.45, 2.75) is 43.4 Å². The van der Waals surface area contributed by atoms with Gasteiger partial charge in [-0.3, -0.25) is 0 Å². The summed E-state index contributed by atoms with van der Waals surface area (Å²) in [6.45, 7) is 4.16. The average Bonchev–Trinajstić information content (AvgIpc) is 3.04. The van der Waals surface area contributed by atoms with Gasteiger partial charge in [0, 0.05) is 29.3 Å². The van der Waals surface area contributed by atoms with Crippen molar-refractivity contribution in [2.24, 2.45) is 0 Å². The van der Waals surface area contributed by atoms with Crippen LogP contribution in [0.4, 0.5) is 0 Å². The molecule has 2 aliphatic rings. The third-order valence-corrected chi connectivity index (χ3v) is 5.47. The van der Waals surface area contributed by atoms with E-state index in [2.05, 4.69) is 48.3 Å². The molecule has 3 atom stereocenters. The first-order chi connectivity index (χ1) is 9.36. The summed E-state index contributed by atoms with van der Waals surface area (Å²) in [5, 5.41) is 4.64. The fraction of sp³-hybridized carbons (Fsp3) is 0.625. The lowest BCUT2D eigenvalue weighted by atomic mass is 10.0. The lowest BCUT2D eigenvalue weighted by Gasteiger charge is -2.16. The second-order valence-corrected chi connectivity index (χ2v) is 7.12. The first-order valence-electron chi connectivity index (χ1n) is 7.43. The summed E-state index contributed by atoms with van der Waals surface area (Å²) in [6, 6.07) is 9.18. The van der Waals surface area contributed by atoms with Crippen molar-refractivity contribution in [3.63, 3.8) is 0 Å². The van der Waals surface area contributed by atoms with Gasteiger partial charge in [-0.1, -0.05) is 25.1 Å². The molecule has 1 aromatic rings. The maximum atomic E-state index is 5.74. The molecular weight excluding hydrogens is 254 g/mol. The Morgan fingerprint density at radius 3 is 3.11 bits per heavy atom. The molecule has 1 N–H and O–H groups in total.